The zero-order valence-corrected chi connectivity index (χ0v) is 31.0. The number of nitrogens with two attached hydrogens (primary N) is 1. The summed E-state index contributed by atoms with van der Waals surface area (Å²) in [6.07, 6.45) is 2.16. The maximum absolute atomic E-state index is 14.4. The summed E-state index contributed by atoms with van der Waals surface area (Å²) in [4.78, 5) is 85.7. The van der Waals surface area contributed by atoms with Gasteiger partial charge in [-0.2, -0.15) is 0 Å². The third-order valence-electron chi connectivity index (χ3n) is 11.6. The van der Waals surface area contributed by atoms with Gasteiger partial charge >= 0.3 is 6.03 Å². The van der Waals surface area contributed by atoms with Crippen molar-refractivity contribution in [1.29, 1.82) is 0 Å². The molecule has 280 valence electrons. The Morgan fingerprint density at radius 2 is 1.55 bits per heavy atom. The van der Waals surface area contributed by atoms with E-state index in [1.165, 1.54) is 12.1 Å². The highest BCUT2D eigenvalue weighted by molar-refractivity contribution is 6.36. The molecule has 6 atom stereocenters. The zero-order valence-electron chi connectivity index (χ0n) is 31.0. The first-order valence-corrected chi connectivity index (χ1v) is 18.3. The predicted octanol–water partition coefficient (Wildman–Crippen LogP) is 3.13. The van der Waals surface area contributed by atoms with E-state index in [-0.39, 0.29) is 53.0 Å². The van der Waals surface area contributed by atoms with Gasteiger partial charge in [0, 0.05) is 50.7 Å². The number of nitrogens with one attached hydrogen (secondary N) is 2. The average Bonchev–Trinajstić information content (AvgIpc) is 3.92. The number of carbonyl (C=O) groups excluding carboxylic acids is 6. The third-order valence-corrected chi connectivity index (χ3v) is 11.6. The largest absolute Gasteiger partial charge is 0.368 e. The molecule has 5 amide bonds. The van der Waals surface area contributed by atoms with Crippen LogP contribution in [-0.2, 0) is 24.0 Å². The topological polar surface area (TPSA) is 162 Å². The van der Waals surface area contributed by atoms with Crippen LogP contribution in [0.3, 0.4) is 0 Å². The summed E-state index contributed by atoms with van der Waals surface area (Å²) in [6.45, 7) is 15.6. The normalized spacial score (nSPS) is 24.3. The highest BCUT2D eigenvalue weighted by atomic mass is 19.1. The highest BCUT2D eigenvalue weighted by Crippen LogP contribution is 2.65. The number of piperazine rings is 1. The van der Waals surface area contributed by atoms with E-state index in [9.17, 15) is 33.2 Å². The van der Waals surface area contributed by atoms with Crippen LogP contribution in [0, 0.1) is 46.2 Å². The molecule has 1 unspecified atom stereocenters. The Labute approximate surface area is 300 Å². The van der Waals surface area contributed by atoms with Crippen molar-refractivity contribution >= 4 is 41.0 Å². The number of likely N-dealkylation sites (tertiary alicyclic amines) is 1. The van der Waals surface area contributed by atoms with Crippen molar-refractivity contribution in [3.63, 3.8) is 0 Å². The van der Waals surface area contributed by atoms with Gasteiger partial charge in [-0.25, -0.2) is 9.18 Å². The molecule has 4 fully saturated rings. The first kappa shape index (κ1) is 38.2. The fourth-order valence-corrected chi connectivity index (χ4v) is 8.16. The van der Waals surface area contributed by atoms with Gasteiger partial charge in [0.05, 0.1) is 6.04 Å². The second-order valence-electron chi connectivity index (χ2n) is 17.1. The summed E-state index contributed by atoms with van der Waals surface area (Å²) in [5.74, 6) is -3.76. The van der Waals surface area contributed by atoms with Crippen LogP contribution in [0.4, 0.5) is 14.9 Å². The van der Waals surface area contributed by atoms with Gasteiger partial charge in [-0.15, -0.1) is 0 Å². The summed E-state index contributed by atoms with van der Waals surface area (Å²) < 4.78 is 13.4. The Balaban J connectivity index is 1.26. The first-order chi connectivity index (χ1) is 23.8. The molecular weight excluding hydrogens is 655 g/mol. The smallest absolute Gasteiger partial charge is 0.316 e. The summed E-state index contributed by atoms with van der Waals surface area (Å²) in [5, 5.41) is 5.68. The molecule has 5 rings (SSSR count). The number of piperidine rings is 1. The molecule has 1 aromatic carbocycles. The zero-order chi connectivity index (χ0) is 37.6. The number of Topliss-reactive ketones (excluding diaryl/α,β-unsaturated/α-hetero) is 2. The lowest BCUT2D eigenvalue weighted by Gasteiger charge is -2.39. The molecule has 2 saturated heterocycles. The second-order valence-corrected chi connectivity index (χ2v) is 17.1. The quantitative estimate of drug-likeness (QED) is 0.265. The van der Waals surface area contributed by atoms with E-state index in [0.717, 1.165) is 18.5 Å². The second kappa shape index (κ2) is 14.5. The van der Waals surface area contributed by atoms with E-state index in [0.29, 0.717) is 39.1 Å². The SMILES string of the molecule is CC(C)[C@H](NC(=O)N[C@H](C(=O)N1C[C@H]2[C@@H]([C@H]1C(=O)CC(CC1CC1)C(=O)C(N)=O)C2(C)C)C(C)(C)C)C(=O)N1CCN(c2ccc(F)cc2)CC1. The molecule has 2 saturated carbocycles. The van der Waals surface area contributed by atoms with E-state index in [1.54, 1.807) is 21.9 Å². The van der Waals surface area contributed by atoms with E-state index in [4.69, 9.17) is 5.73 Å². The van der Waals surface area contributed by atoms with Crippen LogP contribution in [0.25, 0.3) is 0 Å². The van der Waals surface area contributed by atoms with Crippen LogP contribution in [0.15, 0.2) is 24.3 Å². The lowest BCUT2D eigenvalue weighted by molar-refractivity contribution is -0.144. The molecule has 2 heterocycles. The molecule has 12 nitrogen and oxygen atoms in total. The lowest BCUT2D eigenvalue weighted by Crippen LogP contribution is -2.62. The van der Waals surface area contributed by atoms with Gasteiger partial charge in [0.25, 0.3) is 5.91 Å². The standard InChI is InChI=1S/C38H55FN6O6/c1-21(2)29(34(49)44-16-14-43(15-17-44)25-12-10-24(39)11-13-25)41-36(51)42-32(37(3,4)5)35(50)45-20-26-28(38(26,6)7)30(45)27(46)19-23(18-22-8-9-22)31(47)33(40)48/h10-13,21-23,26,28-30,32H,8-9,14-20H2,1-7H3,(H2,40,48)(H2,41,42,51)/t23?,26-,28-,29-,30+,32+/m0/s1. The van der Waals surface area contributed by atoms with Crippen molar-refractivity contribution in [3.8, 4) is 0 Å². The number of benzene rings is 1. The number of halogens is 1. The van der Waals surface area contributed by atoms with Crippen molar-refractivity contribution in [1.82, 2.24) is 20.4 Å². The Morgan fingerprint density at radius 1 is 0.941 bits per heavy atom. The Morgan fingerprint density at radius 3 is 2.08 bits per heavy atom. The van der Waals surface area contributed by atoms with Gasteiger partial charge in [-0.1, -0.05) is 61.3 Å². The molecule has 4 aliphatic rings. The highest BCUT2D eigenvalue weighted by Gasteiger charge is 2.69. The number of hydrogen-bond donors (Lipinski definition) is 3. The molecule has 2 aliphatic heterocycles. The van der Waals surface area contributed by atoms with Crippen LogP contribution in [0.5, 0.6) is 0 Å². The molecule has 4 N–H and O–H groups in total. The van der Waals surface area contributed by atoms with Crippen molar-refractivity contribution in [2.45, 2.75) is 92.3 Å². The maximum atomic E-state index is 14.4. The van der Waals surface area contributed by atoms with Crippen LogP contribution in [-0.4, -0.2) is 96.0 Å². The summed E-state index contributed by atoms with van der Waals surface area (Å²) >= 11 is 0. The summed E-state index contributed by atoms with van der Waals surface area (Å²) in [6, 6.07) is 2.92. The van der Waals surface area contributed by atoms with Gasteiger partial charge in [0.15, 0.2) is 5.78 Å². The fourth-order valence-electron chi connectivity index (χ4n) is 8.16. The molecular formula is C38H55FN6O6. The van der Waals surface area contributed by atoms with Gasteiger partial charge < -0.3 is 31.1 Å². The van der Waals surface area contributed by atoms with Gasteiger partial charge in [0.1, 0.15) is 17.9 Å². The monoisotopic (exact) mass is 710 g/mol. The predicted molar refractivity (Wildman–Crippen MR) is 190 cm³/mol. The van der Waals surface area contributed by atoms with Crippen LogP contribution in [0.1, 0.15) is 74.1 Å². The number of carbonyl (C=O) groups is 6. The van der Waals surface area contributed by atoms with Crippen LogP contribution in [0.2, 0.25) is 0 Å². The Hall–Kier alpha value is -4.03. The van der Waals surface area contributed by atoms with Crippen molar-refractivity contribution < 1.29 is 33.2 Å². The minimum atomic E-state index is -1.05. The lowest BCUT2D eigenvalue weighted by atomic mass is 9.84. The first-order valence-electron chi connectivity index (χ1n) is 18.3. The molecule has 0 bridgehead atoms. The molecule has 1 aromatic rings. The minimum absolute atomic E-state index is 0.0880. The Bertz CT molecular complexity index is 1530. The van der Waals surface area contributed by atoms with Crippen molar-refractivity contribution in [2.24, 2.45) is 46.2 Å². The number of urea groups is 1. The number of hydrogen-bond acceptors (Lipinski definition) is 7. The van der Waals surface area contributed by atoms with Crippen molar-refractivity contribution in [3.05, 3.63) is 30.1 Å². The molecule has 13 heteroatoms. The number of fused-ring (bicyclic) bond motifs is 1. The number of anilines is 1. The van der Waals surface area contributed by atoms with E-state index < -0.39 is 53.1 Å². The van der Waals surface area contributed by atoms with Gasteiger partial charge in [-0.05, 0) is 65.2 Å². The Kier molecular flexibility index (Phi) is 10.9. The van der Waals surface area contributed by atoms with Gasteiger partial charge in [0.2, 0.25) is 17.6 Å². The van der Waals surface area contributed by atoms with Crippen LogP contribution >= 0.6 is 0 Å². The van der Waals surface area contributed by atoms with E-state index in [2.05, 4.69) is 29.4 Å². The molecule has 0 spiro atoms. The fraction of sp³-hybridized carbons (Fsp3) is 0.684. The average molecular weight is 711 g/mol. The summed E-state index contributed by atoms with van der Waals surface area (Å²) in [7, 11) is 0. The number of primary amides is 1. The van der Waals surface area contributed by atoms with E-state index in [1.807, 2.05) is 34.6 Å². The van der Waals surface area contributed by atoms with Gasteiger partial charge in [-0.3, -0.25) is 24.0 Å². The number of nitrogens with zero attached hydrogens (tertiary/aromatic N) is 3. The number of amides is 5. The van der Waals surface area contributed by atoms with E-state index >= 15 is 0 Å². The minimum Gasteiger partial charge on any atom is -0.368 e. The third kappa shape index (κ3) is 8.38. The number of ketones is 2. The molecule has 51 heavy (non-hydrogen) atoms. The van der Waals surface area contributed by atoms with Crippen LogP contribution < -0.4 is 21.3 Å². The van der Waals surface area contributed by atoms with Crippen molar-refractivity contribution in [2.75, 3.05) is 37.6 Å². The molecule has 2 aliphatic carbocycles. The number of rotatable bonds is 13. The molecule has 0 radical (unpaired) electrons. The summed E-state index contributed by atoms with van der Waals surface area (Å²) in [5.41, 5.74) is 5.30. The molecule has 0 aromatic heterocycles. The maximum Gasteiger partial charge on any atom is 0.316 e.